The van der Waals surface area contributed by atoms with Crippen LogP contribution >= 0.6 is 0 Å². The average Bonchev–Trinajstić information content (AvgIpc) is 2.64. The van der Waals surface area contributed by atoms with Crippen LogP contribution in [0.15, 0.2) is 0 Å². The van der Waals surface area contributed by atoms with Crippen LogP contribution in [-0.4, -0.2) is 33.0 Å². The van der Waals surface area contributed by atoms with E-state index in [1.165, 1.54) is 19.3 Å². The molecule has 1 saturated carbocycles. The first-order valence-corrected chi connectivity index (χ1v) is 6.32. The van der Waals surface area contributed by atoms with E-state index in [4.69, 9.17) is 0 Å². The lowest BCUT2D eigenvalue weighted by Crippen LogP contribution is -2.22. The average molecular weight is 253 g/mol. The van der Waals surface area contributed by atoms with Crippen LogP contribution in [0.2, 0.25) is 0 Å². The molecular weight excluding hydrogens is 231 g/mol. The molecule has 2 unspecified atom stereocenters. The molecule has 5 heteroatoms. The zero-order valence-electron chi connectivity index (χ0n) is 10.4. The largest absolute Gasteiger partial charge is 0.411 e. The van der Waals surface area contributed by atoms with Crippen LogP contribution in [0.5, 0.6) is 0 Å². The monoisotopic (exact) mass is 253 g/mol. The molecule has 2 atom stereocenters. The van der Waals surface area contributed by atoms with E-state index in [1.807, 2.05) is 7.05 Å². The molecule has 0 aromatic rings. The lowest BCUT2D eigenvalue weighted by molar-refractivity contribution is -0.174. The van der Waals surface area contributed by atoms with Gasteiger partial charge in [0, 0.05) is 6.61 Å². The van der Waals surface area contributed by atoms with Gasteiger partial charge in [-0.05, 0) is 44.7 Å². The Balaban J connectivity index is 2.06. The number of hydrogen-bond donors (Lipinski definition) is 1. The summed E-state index contributed by atoms with van der Waals surface area (Å²) in [7, 11) is 1.95. The van der Waals surface area contributed by atoms with Crippen molar-refractivity contribution < 1.29 is 17.9 Å². The van der Waals surface area contributed by atoms with E-state index in [0.717, 1.165) is 19.4 Å². The second kappa shape index (κ2) is 7.21. The van der Waals surface area contributed by atoms with Crippen molar-refractivity contribution in [1.82, 2.24) is 5.32 Å². The summed E-state index contributed by atoms with van der Waals surface area (Å²) in [6.45, 7) is 0.133. The van der Waals surface area contributed by atoms with Crippen LogP contribution in [0.25, 0.3) is 0 Å². The molecule has 1 aliphatic rings. The molecule has 0 heterocycles. The van der Waals surface area contributed by atoms with Crippen LogP contribution in [0.3, 0.4) is 0 Å². The SMILES string of the molecule is CNCC1CCCC1CCCOCC(F)(F)F. The van der Waals surface area contributed by atoms with E-state index in [2.05, 4.69) is 10.1 Å². The molecule has 0 amide bonds. The Morgan fingerprint density at radius 3 is 2.59 bits per heavy atom. The molecule has 0 aromatic heterocycles. The van der Waals surface area contributed by atoms with Crippen molar-refractivity contribution in [3.63, 3.8) is 0 Å². The minimum Gasteiger partial charge on any atom is -0.372 e. The van der Waals surface area contributed by atoms with Gasteiger partial charge in [0.2, 0.25) is 0 Å². The van der Waals surface area contributed by atoms with Crippen molar-refractivity contribution in [2.45, 2.75) is 38.3 Å². The molecule has 1 fully saturated rings. The Morgan fingerprint density at radius 2 is 1.94 bits per heavy atom. The van der Waals surface area contributed by atoms with Crippen LogP contribution in [0, 0.1) is 11.8 Å². The summed E-state index contributed by atoms with van der Waals surface area (Å²) in [6, 6.07) is 0. The van der Waals surface area contributed by atoms with Gasteiger partial charge in [0.25, 0.3) is 0 Å². The van der Waals surface area contributed by atoms with E-state index in [1.54, 1.807) is 0 Å². The van der Waals surface area contributed by atoms with Crippen LogP contribution < -0.4 is 5.32 Å². The summed E-state index contributed by atoms with van der Waals surface area (Å²) < 4.78 is 40.1. The molecule has 2 nitrogen and oxygen atoms in total. The molecule has 0 saturated heterocycles. The third-order valence-corrected chi connectivity index (χ3v) is 3.41. The quantitative estimate of drug-likeness (QED) is 0.704. The zero-order valence-corrected chi connectivity index (χ0v) is 10.4. The molecule has 0 spiro atoms. The molecule has 0 aliphatic heterocycles. The van der Waals surface area contributed by atoms with Crippen molar-refractivity contribution in [3.05, 3.63) is 0 Å². The molecule has 0 bridgehead atoms. The number of ether oxygens (including phenoxy) is 1. The van der Waals surface area contributed by atoms with E-state index in [0.29, 0.717) is 11.8 Å². The summed E-state index contributed by atoms with van der Waals surface area (Å²) in [6.07, 6.45) is 1.24. The third-order valence-electron chi connectivity index (χ3n) is 3.41. The molecule has 17 heavy (non-hydrogen) atoms. The number of nitrogens with one attached hydrogen (secondary N) is 1. The highest BCUT2D eigenvalue weighted by molar-refractivity contribution is 4.78. The second-order valence-corrected chi connectivity index (χ2v) is 4.82. The zero-order chi connectivity index (χ0) is 12.7. The van der Waals surface area contributed by atoms with E-state index < -0.39 is 12.8 Å². The first-order chi connectivity index (χ1) is 8.03. The maximum atomic E-state index is 11.8. The minimum absolute atomic E-state index is 0.224. The highest BCUT2D eigenvalue weighted by atomic mass is 19.4. The Labute approximate surface area is 101 Å². The van der Waals surface area contributed by atoms with Crippen LogP contribution in [0.4, 0.5) is 13.2 Å². The molecule has 0 radical (unpaired) electrons. The first-order valence-electron chi connectivity index (χ1n) is 6.32. The van der Waals surface area contributed by atoms with Gasteiger partial charge in [0.1, 0.15) is 6.61 Å². The van der Waals surface area contributed by atoms with Crippen molar-refractivity contribution in [2.75, 3.05) is 26.8 Å². The summed E-state index contributed by atoms with van der Waals surface area (Å²) in [5.74, 6) is 1.36. The first kappa shape index (κ1) is 14.8. The number of alkyl halides is 3. The Morgan fingerprint density at radius 1 is 1.24 bits per heavy atom. The predicted octanol–water partition coefficient (Wildman–Crippen LogP) is 2.98. The lowest BCUT2D eigenvalue weighted by Gasteiger charge is -2.19. The lowest BCUT2D eigenvalue weighted by atomic mass is 9.92. The fraction of sp³-hybridized carbons (Fsp3) is 1.00. The molecule has 0 aromatic carbocycles. The maximum Gasteiger partial charge on any atom is 0.411 e. The van der Waals surface area contributed by atoms with Crippen molar-refractivity contribution >= 4 is 0 Å². The second-order valence-electron chi connectivity index (χ2n) is 4.82. The normalized spacial score (nSPS) is 25.4. The summed E-state index contributed by atoms with van der Waals surface area (Å²) in [4.78, 5) is 0. The van der Waals surface area contributed by atoms with Gasteiger partial charge in [0.15, 0.2) is 0 Å². The third kappa shape index (κ3) is 6.27. The number of halogens is 3. The topological polar surface area (TPSA) is 21.3 Å². The smallest absolute Gasteiger partial charge is 0.372 e. The Hall–Kier alpha value is -0.290. The van der Waals surface area contributed by atoms with Gasteiger partial charge >= 0.3 is 6.18 Å². The number of rotatable bonds is 7. The fourth-order valence-electron chi connectivity index (χ4n) is 2.66. The molecule has 1 aliphatic carbocycles. The van der Waals surface area contributed by atoms with E-state index >= 15 is 0 Å². The molecule has 1 rings (SSSR count). The van der Waals surface area contributed by atoms with Gasteiger partial charge in [-0.3, -0.25) is 0 Å². The van der Waals surface area contributed by atoms with Gasteiger partial charge in [-0.1, -0.05) is 12.8 Å². The standard InChI is InChI=1S/C12H22F3NO/c1-16-8-11-5-2-4-10(11)6-3-7-17-9-12(13,14)15/h10-11,16H,2-9H2,1H3. The van der Waals surface area contributed by atoms with Crippen molar-refractivity contribution in [1.29, 1.82) is 0 Å². The highest BCUT2D eigenvalue weighted by Gasteiger charge is 2.28. The molecule has 1 N–H and O–H groups in total. The minimum atomic E-state index is -4.19. The van der Waals surface area contributed by atoms with Gasteiger partial charge in [-0.25, -0.2) is 0 Å². The van der Waals surface area contributed by atoms with E-state index in [-0.39, 0.29) is 6.61 Å². The summed E-state index contributed by atoms with van der Waals surface area (Å²) >= 11 is 0. The molecule has 102 valence electrons. The molecular formula is C12H22F3NO. The van der Waals surface area contributed by atoms with Gasteiger partial charge in [-0.15, -0.1) is 0 Å². The fourth-order valence-corrected chi connectivity index (χ4v) is 2.66. The predicted molar refractivity (Wildman–Crippen MR) is 60.9 cm³/mol. The Kier molecular flexibility index (Phi) is 6.27. The Bertz CT molecular complexity index is 208. The van der Waals surface area contributed by atoms with E-state index in [9.17, 15) is 13.2 Å². The summed E-state index contributed by atoms with van der Waals surface area (Å²) in [5, 5.41) is 3.18. The van der Waals surface area contributed by atoms with Gasteiger partial charge < -0.3 is 10.1 Å². The van der Waals surface area contributed by atoms with Crippen molar-refractivity contribution in [3.8, 4) is 0 Å². The van der Waals surface area contributed by atoms with Gasteiger partial charge in [-0.2, -0.15) is 13.2 Å². The van der Waals surface area contributed by atoms with Crippen LogP contribution in [0.1, 0.15) is 32.1 Å². The van der Waals surface area contributed by atoms with Crippen LogP contribution in [-0.2, 0) is 4.74 Å². The summed E-state index contributed by atoms with van der Waals surface area (Å²) in [5.41, 5.74) is 0. The number of hydrogen-bond acceptors (Lipinski definition) is 2. The van der Waals surface area contributed by atoms with Crippen molar-refractivity contribution in [2.24, 2.45) is 11.8 Å². The maximum absolute atomic E-state index is 11.8. The highest BCUT2D eigenvalue weighted by Crippen LogP contribution is 2.34. The van der Waals surface area contributed by atoms with Gasteiger partial charge in [0.05, 0.1) is 0 Å².